The van der Waals surface area contributed by atoms with Gasteiger partial charge in [0, 0.05) is 20.8 Å². The number of amides is 3. The molecule has 21 heteroatoms. The quantitative estimate of drug-likeness (QED) is 0.123. The Labute approximate surface area is 339 Å². The van der Waals surface area contributed by atoms with Crippen LogP contribution in [0.5, 0.6) is 0 Å². The fourth-order valence-corrected chi connectivity index (χ4v) is 5.09. The van der Waals surface area contributed by atoms with Gasteiger partial charge in [-0.1, -0.05) is 79.0 Å². The zero-order chi connectivity index (χ0) is 42.4. The normalized spacial score (nSPS) is 20.7. The van der Waals surface area contributed by atoms with Crippen LogP contribution in [0.3, 0.4) is 0 Å². The van der Waals surface area contributed by atoms with Crippen molar-refractivity contribution < 1.29 is 71.5 Å². The number of alkyl halides is 3. The molecule has 1 aromatic rings. The summed E-state index contributed by atoms with van der Waals surface area (Å²) in [6.07, 6.45) is -8.60. The molecule has 0 saturated carbocycles. The molecule has 1 aromatic carbocycles. The third-order valence-electron chi connectivity index (χ3n) is 7.23. The summed E-state index contributed by atoms with van der Waals surface area (Å²) < 4.78 is 41.7. The highest BCUT2D eigenvalue weighted by atomic mass is 35.6. The molecule has 1 fully saturated rings. The molecule has 0 spiro atoms. The lowest BCUT2D eigenvalue weighted by Gasteiger charge is -2.45. The predicted octanol–water partition coefficient (Wildman–Crippen LogP) is 3.40. The van der Waals surface area contributed by atoms with Crippen LogP contribution in [0.15, 0.2) is 30.3 Å². The Bertz CT molecular complexity index is 1520. The van der Waals surface area contributed by atoms with Gasteiger partial charge in [-0.2, -0.15) is 0 Å². The lowest BCUT2D eigenvalue weighted by molar-refractivity contribution is -0.278. The SMILES string of the molecule is CC(=O)OC[C@H]1O[C@@H](OC[C@H](NC(=O)OCc2ccccc2)C(=O)N[C@H](C(=O)OC(C)(C)C)C(C)C)[C@H](NC(=O)OCC(Cl)(Cl)Cl)[C@@H](OC(C)=O)[C@@H]1OC(C)=O. The first kappa shape index (κ1) is 48.0. The van der Waals surface area contributed by atoms with Crippen LogP contribution < -0.4 is 16.0 Å². The Morgan fingerprint density at radius 2 is 1.41 bits per heavy atom. The molecule has 314 valence electrons. The van der Waals surface area contributed by atoms with Crippen LogP contribution in [0.1, 0.15) is 61.0 Å². The Morgan fingerprint density at radius 3 is 1.95 bits per heavy atom. The largest absolute Gasteiger partial charge is 0.463 e. The number of halogens is 3. The molecule has 0 aliphatic carbocycles. The van der Waals surface area contributed by atoms with Crippen LogP contribution in [0.25, 0.3) is 0 Å². The Hall–Kier alpha value is -4.10. The summed E-state index contributed by atoms with van der Waals surface area (Å²) in [5.74, 6) is -4.72. The van der Waals surface area contributed by atoms with E-state index in [4.69, 9.17) is 72.7 Å². The summed E-state index contributed by atoms with van der Waals surface area (Å²) in [7, 11) is 0. The summed E-state index contributed by atoms with van der Waals surface area (Å²) >= 11 is 17.2. The zero-order valence-corrected chi connectivity index (χ0v) is 34.4. The Morgan fingerprint density at radius 1 is 0.804 bits per heavy atom. The highest BCUT2D eigenvalue weighted by molar-refractivity contribution is 6.67. The van der Waals surface area contributed by atoms with Crippen molar-refractivity contribution in [3.05, 3.63) is 35.9 Å². The van der Waals surface area contributed by atoms with Crippen molar-refractivity contribution in [3.8, 4) is 0 Å². The second-order valence-electron chi connectivity index (χ2n) is 13.7. The zero-order valence-electron chi connectivity index (χ0n) is 32.1. The van der Waals surface area contributed by atoms with Crippen LogP contribution >= 0.6 is 34.8 Å². The van der Waals surface area contributed by atoms with Gasteiger partial charge in [0.25, 0.3) is 0 Å². The van der Waals surface area contributed by atoms with Gasteiger partial charge in [-0.3, -0.25) is 19.2 Å². The number of nitrogens with one attached hydrogen (secondary N) is 3. The molecule has 3 N–H and O–H groups in total. The maximum Gasteiger partial charge on any atom is 0.408 e. The van der Waals surface area contributed by atoms with Crippen LogP contribution in [0.4, 0.5) is 9.59 Å². The highest BCUT2D eigenvalue weighted by Gasteiger charge is 2.52. The van der Waals surface area contributed by atoms with E-state index in [0.29, 0.717) is 5.56 Å². The van der Waals surface area contributed by atoms with Gasteiger partial charge in [-0.25, -0.2) is 14.4 Å². The second-order valence-corrected chi connectivity index (χ2v) is 16.2. The topological polar surface area (TPSA) is 229 Å². The van der Waals surface area contributed by atoms with Crippen molar-refractivity contribution in [2.45, 2.75) is 114 Å². The molecule has 0 unspecified atom stereocenters. The Balaban J connectivity index is 2.54. The molecule has 7 atom stereocenters. The predicted molar refractivity (Wildman–Crippen MR) is 197 cm³/mol. The lowest BCUT2D eigenvalue weighted by Crippen LogP contribution is -2.67. The molecule has 18 nitrogen and oxygen atoms in total. The van der Waals surface area contributed by atoms with Crippen molar-refractivity contribution in [2.24, 2.45) is 5.92 Å². The third-order valence-corrected chi connectivity index (χ3v) is 7.55. The minimum Gasteiger partial charge on any atom is -0.463 e. The smallest absolute Gasteiger partial charge is 0.408 e. The molecule has 0 bridgehead atoms. The number of esters is 4. The monoisotopic (exact) mass is 855 g/mol. The molecule has 3 amide bonds. The van der Waals surface area contributed by atoms with Crippen LogP contribution in [-0.4, -0.2) is 114 Å². The number of carbonyl (C=O) groups is 7. The van der Waals surface area contributed by atoms with E-state index in [0.717, 1.165) is 20.8 Å². The van der Waals surface area contributed by atoms with Crippen molar-refractivity contribution in [2.75, 3.05) is 19.8 Å². The van der Waals surface area contributed by atoms with E-state index < -0.39 is 120 Å². The van der Waals surface area contributed by atoms with E-state index in [2.05, 4.69) is 16.0 Å². The minimum atomic E-state index is -2.03. The fraction of sp³-hybridized carbons (Fsp3) is 0.629. The van der Waals surface area contributed by atoms with Gasteiger partial charge in [0.05, 0.1) is 6.61 Å². The fourth-order valence-electron chi connectivity index (χ4n) is 4.92. The first-order valence-corrected chi connectivity index (χ1v) is 18.3. The molecule has 2 rings (SSSR count). The molecule has 1 heterocycles. The van der Waals surface area contributed by atoms with E-state index in [1.54, 1.807) is 65.0 Å². The molecular weight excluding hydrogens is 809 g/mol. The summed E-state index contributed by atoms with van der Waals surface area (Å²) in [6, 6.07) is 4.20. The van der Waals surface area contributed by atoms with Gasteiger partial charge in [0.1, 0.15) is 49.7 Å². The Kier molecular flexibility index (Phi) is 18.9. The number of alkyl carbamates (subject to hydrolysis) is 2. The number of carbonyl (C=O) groups excluding carboxylic acids is 7. The average molecular weight is 857 g/mol. The number of rotatable bonds is 16. The molecular formula is C35H48Cl3N3O15. The van der Waals surface area contributed by atoms with E-state index >= 15 is 0 Å². The highest BCUT2D eigenvalue weighted by Crippen LogP contribution is 2.29. The summed E-state index contributed by atoms with van der Waals surface area (Å²) in [4.78, 5) is 89.3. The van der Waals surface area contributed by atoms with Crippen molar-refractivity contribution in [1.82, 2.24) is 16.0 Å². The number of benzene rings is 1. The molecule has 0 aromatic heterocycles. The van der Waals surface area contributed by atoms with Crippen molar-refractivity contribution in [3.63, 3.8) is 0 Å². The van der Waals surface area contributed by atoms with Gasteiger partial charge in [0.2, 0.25) is 9.70 Å². The van der Waals surface area contributed by atoms with Gasteiger partial charge in [-0.15, -0.1) is 0 Å². The van der Waals surface area contributed by atoms with Crippen LogP contribution in [0.2, 0.25) is 0 Å². The summed E-state index contributed by atoms with van der Waals surface area (Å²) in [5.41, 5.74) is -0.268. The van der Waals surface area contributed by atoms with E-state index in [1.165, 1.54) is 0 Å². The summed E-state index contributed by atoms with van der Waals surface area (Å²) in [6.45, 7) is 9.18. The molecule has 0 radical (unpaired) electrons. The lowest BCUT2D eigenvalue weighted by atomic mass is 9.96. The van der Waals surface area contributed by atoms with Crippen molar-refractivity contribution in [1.29, 1.82) is 0 Å². The number of hydrogen-bond acceptors (Lipinski definition) is 15. The first-order valence-electron chi connectivity index (χ1n) is 17.2. The molecule has 1 aliphatic heterocycles. The second kappa shape index (κ2) is 22.0. The maximum atomic E-state index is 13.9. The van der Waals surface area contributed by atoms with Gasteiger partial charge in [-0.05, 0) is 32.3 Å². The van der Waals surface area contributed by atoms with Crippen LogP contribution in [-0.2, 0) is 68.5 Å². The van der Waals surface area contributed by atoms with E-state index in [9.17, 15) is 33.6 Å². The standard InChI is InChI=1S/C35H48Cl3N3O15/c1-18(2)25(30(46)56-34(6,7)8)40-29(45)23(39-32(47)51-14-22-12-10-9-11-13-22)15-50-31-26(41-33(48)52-17-35(36,37)38)28(54-21(5)44)27(53-20(4)43)24(55-31)16-49-19(3)42/h9-13,18,23-28,31H,14-17H2,1-8H3,(H,39,47)(H,40,45)(H,41,48)/t23-,24+,25-,26+,27+,28+,31+/m0/s1. The summed E-state index contributed by atoms with van der Waals surface area (Å²) in [5, 5.41) is 7.33. The number of hydrogen-bond donors (Lipinski definition) is 3. The number of ether oxygens (including phenoxy) is 8. The average Bonchev–Trinajstić information content (AvgIpc) is 3.07. The van der Waals surface area contributed by atoms with Gasteiger partial charge in [0.15, 0.2) is 18.5 Å². The third kappa shape index (κ3) is 17.8. The molecule has 1 aliphatic rings. The van der Waals surface area contributed by atoms with E-state index in [1.807, 2.05) is 0 Å². The van der Waals surface area contributed by atoms with Gasteiger partial charge >= 0.3 is 36.1 Å². The minimum absolute atomic E-state index is 0.179. The maximum absolute atomic E-state index is 13.9. The van der Waals surface area contributed by atoms with E-state index in [-0.39, 0.29) is 6.61 Å². The first-order chi connectivity index (χ1) is 26.0. The van der Waals surface area contributed by atoms with Crippen molar-refractivity contribution >= 4 is 76.8 Å². The molecule has 1 saturated heterocycles. The molecule has 56 heavy (non-hydrogen) atoms. The van der Waals surface area contributed by atoms with Crippen LogP contribution in [0, 0.1) is 5.92 Å². The van der Waals surface area contributed by atoms with Gasteiger partial charge < -0.3 is 53.8 Å².